The third-order valence-corrected chi connectivity index (χ3v) is 4.48. The van der Waals surface area contributed by atoms with E-state index in [4.69, 9.17) is 10.5 Å². The molecule has 3 nitrogen and oxygen atoms in total. The molecule has 1 aromatic rings. The van der Waals surface area contributed by atoms with Crippen LogP contribution in [-0.2, 0) is 11.3 Å². The molecule has 1 aliphatic rings. The molecule has 1 fully saturated rings. The maximum Gasteiger partial charge on any atom is 0.0829 e. The number of likely N-dealkylation sites (tertiary alicyclic amines) is 1. The lowest BCUT2D eigenvalue weighted by Crippen LogP contribution is -2.56. The zero-order valence-electron chi connectivity index (χ0n) is 12.3. The maximum atomic E-state index is 5.93. The Morgan fingerprint density at radius 3 is 2.26 bits per heavy atom. The highest BCUT2D eigenvalue weighted by atomic mass is 16.5. The summed E-state index contributed by atoms with van der Waals surface area (Å²) in [5, 5.41) is 0. The third-order valence-electron chi connectivity index (χ3n) is 4.48. The lowest BCUT2D eigenvalue weighted by atomic mass is 9.82. The topological polar surface area (TPSA) is 38.5 Å². The zero-order chi connectivity index (χ0) is 13.9. The summed E-state index contributed by atoms with van der Waals surface area (Å²) < 4.78 is 5.72. The predicted octanol–water partition coefficient (Wildman–Crippen LogP) is 2.40. The van der Waals surface area contributed by atoms with Crippen molar-refractivity contribution in [2.24, 2.45) is 5.73 Å². The average molecular weight is 262 g/mol. The predicted molar refractivity (Wildman–Crippen MR) is 78.9 cm³/mol. The molecule has 0 spiro atoms. The second-order valence-corrected chi connectivity index (χ2v) is 5.86. The summed E-state index contributed by atoms with van der Waals surface area (Å²) in [5.41, 5.74) is 7.17. The van der Waals surface area contributed by atoms with Crippen LogP contribution in [0.4, 0.5) is 0 Å². The lowest BCUT2D eigenvalue weighted by Gasteiger charge is -2.48. The van der Waals surface area contributed by atoms with Crippen LogP contribution in [0.1, 0.15) is 32.3 Å². The van der Waals surface area contributed by atoms with E-state index in [1.807, 2.05) is 0 Å². The van der Waals surface area contributed by atoms with Gasteiger partial charge in [0, 0.05) is 32.3 Å². The van der Waals surface area contributed by atoms with Crippen molar-refractivity contribution in [3.05, 3.63) is 35.9 Å². The van der Waals surface area contributed by atoms with E-state index in [-0.39, 0.29) is 5.60 Å². The van der Waals surface area contributed by atoms with Crippen LogP contribution in [0.25, 0.3) is 0 Å². The van der Waals surface area contributed by atoms with Gasteiger partial charge in [-0.15, -0.1) is 0 Å². The Bertz CT molecular complexity index is 375. The monoisotopic (exact) mass is 262 g/mol. The van der Waals surface area contributed by atoms with E-state index >= 15 is 0 Å². The Morgan fingerprint density at radius 1 is 1.21 bits per heavy atom. The van der Waals surface area contributed by atoms with Gasteiger partial charge in [-0.2, -0.15) is 0 Å². The van der Waals surface area contributed by atoms with Gasteiger partial charge in [-0.3, -0.25) is 4.90 Å². The highest BCUT2D eigenvalue weighted by molar-refractivity contribution is 5.15. The normalized spacial score (nSPS) is 32.4. The molecule has 2 rings (SSSR count). The molecule has 106 valence electrons. The molecule has 1 saturated heterocycles. The number of hydrogen-bond acceptors (Lipinski definition) is 3. The van der Waals surface area contributed by atoms with Crippen molar-refractivity contribution >= 4 is 0 Å². The first-order valence-electron chi connectivity index (χ1n) is 7.15. The van der Waals surface area contributed by atoms with E-state index in [1.165, 1.54) is 5.56 Å². The number of ether oxygens (including phenoxy) is 1. The molecule has 3 atom stereocenters. The van der Waals surface area contributed by atoms with Gasteiger partial charge in [0.25, 0.3) is 0 Å². The Hall–Kier alpha value is -0.900. The van der Waals surface area contributed by atoms with Crippen molar-refractivity contribution in [2.75, 3.05) is 13.7 Å². The second kappa shape index (κ2) is 6.04. The summed E-state index contributed by atoms with van der Waals surface area (Å²) in [7, 11) is 1.79. The van der Waals surface area contributed by atoms with Crippen LogP contribution in [0.15, 0.2) is 30.3 Å². The first-order chi connectivity index (χ1) is 9.10. The van der Waals surface area contributed by atoms with E-state index in [0.717, 1.165) is 19.4 Å². The molecule has 19 heavy (non-hydrogen) atoms. The molecule has 0 bridgehead atoms. The first kappa shape index (κ1) is 14.5. The van der Waals surface area contributed by atoms with Crippen molar-refractivity contribution in [1.82, 2.24) is 4.90 Å². The summed E-state index contributed by atoms with van der Waals surface area (Å²) >= 11 is 0. The molecular formula is C16H26N2O. The summed E-state index contributed by atoms with van der Waals surface area (Å²) in [6.07, 6.45) is 2.02. The molecule has 0 aliphatic carbocycles. The Kier molecular flexibility index (Phi) is 4.61. The van der Waals surface area contributed by atoms with Crippen LogP contribution < -0.4 is 5.73 Å². The van der Waals surface area contributed by atoms with Gasteiger partial charge in [0.2, 0.25) is 0 Å². The van der Waals surface area contributed by atoms with Gasteiger partial charge in [-0.1, -0.05) is 30.3 Å². The molecule has 1 aromatic carbocycles. The molecule has 0 amide bonds. The van der Waals surface area contributed by atoms with E-state index in [9.17, 15) is 0 Å². The van der Waals surface area contributed by atoms with Gasteiger partial charge in [0.1, 0.15) is 0 Å². The van der Waals surface area contributed by atoms with E-state index in [0.29, 0.717) is 18.6 Å². The van der Waals surface area contributed by atoms with E-state index in [2.05, 4.69) is 49.1 Å². The minimum absolute atomic E-state index is 0.133. The van der Waals surface area contributed by atoms with Crippen LogP contribution >= 0.6 is 0 Å². The fraction of sp³-hybridized carbons (Fsp3) is 0.625. The van der Waals surface area contributed by atoms with Crippen molar-refractivity contribution < 1.29 is 4.74 Å². The third kappa shape index (κ3) is 3.16. The summed E-state index contributed by atoms with van der Waals surface area (Å²) in [6, 6.07) is 11.7. The Labute approximate surface area is 116 Å². The molecule has 0 saturated carbocycles. The SMILES string of the molecule is COC1(CN)C[C@@H](C)N(Cc2ccccc2)[C@@H](C)C1. The van der Waals surface area contributed by atoms with Crippen molar-refractivity contribution in [3.8, 4) is 0 Å². The highest BCUT2D eigenvalue weighted by Crippen LogP contribution is 2.33. The average Bonchev–Trinajstić information content (AvgIpc) is 2.44. The Balaban J connectivity index is 2.08. The largest absolute Gasteiger partial charge is 0.377 e. The maximum absolute atomic E-state index is 5.93. The van der Waals surface area contributed by atoms with Gasteiger partial charge >= 0.3 is 0 Å². The van der Waals surface area contributed by atoms with Crippen molar-refractivity contribution in [3.63, 3.8) is 0 Å². The number of nitrogens with two attached hydrogens (primary N) is 1. The molecule has 1 heterocycles. The van der Waals surface area contributed by atoms with E-state index < -0.39 is 0 Å². The van der Waals surface area contributed by atoms with Gasteiger partial charge in [0.05, 0.1) is 5.60 Å². The molecule has 0 aromatic heterocycles. The fourth-order valence-electron chi connectivity index (χ4n) is 3.35. The molecule has 1 unspecified atom stereocenters. The standard InChI is InChI=1S/C16H26N2O/c1-13-9-16(12-17,19-3)10-14(2)18(13)11-15-7-5-4-6-8-15/h4-8,13-14H,9-12,17H2,1-3H3/t13-,14+,16?. The number of hydrogen-bond donors (Lipinski definition) is 1. The molecule has 0 radical (unpaired) electrons. The van der Waals surface area contributed by atoms with Gasteiger partial charge < -0.3 is 10.5 Å². The number of nitrogens with zero attached hydrogens (tertiary/aromatic N) is 1. The van der Waals surface area contributed by atoms with Crippen molar-refractivity contribution in [1.29, 1.82) is 0 Å². The summed E-state index contributed by atoms with van der Waals surface area (Å²) in [6.45, 7) is 6.18. The van der Waals surface area contributed by atoms with E-state index in [1.54, 1.807) is 7.11 Å². The van der Waals surface area contributed by atoms with Crippen LogP contribution in [0.5, 0.6) is 0 Å². The highest BCUT2D eigenvalue weighted by Gasteiger charge is 2.40. The first-order valence-corrected chi connectivity index (χ1v) is 7.15. The van der Waals surface area contributed by atoms with Crippen LogP contribution in [0.2, 0.25) is 0 Å². The van der Waals surface area contributed by atoms with Crippen LogP contribution in [0.3, 0.4) is 0 Å². The molecule has 2 N–H and O–H groups in total. The van der Waals surface area contributed by atoms with Gasteiger partial charge in [-0.25, -0.2) is 0 Å². The minimum atomic E-state index is -0.133. The molecule has 1 aliphatic heterocycles. The van der Waals surface area contributed by atoms with Gasteiger partial charge in [-0.05, 0) is 32.3 Å². The molecular weight excluding hydrogens is 236 g/mol. The number of piperidine rings is 1. The molecule has 3 heteroatoms. The number of benzene rings is 1. The zero-order valence-corrected chi connectivity index (χ0v) is 12.3. The quantitative estimate of drug-likeness (QED) is 0.905. The Morgan fingerprint density at radius 2 is 1.79 bits per heavy atom. The van der Waals surface area contributed by atoms with Crippen molar-refractivity contribution in [2.45, 2.75) is 50.9 Å². The number of methoxy groups -OCH3 is 1. The summed E-state index contributed by atoms with van der Waals surface area (Å²) in [4.78, 5) is 2.56. The number of rotatable bonds is 4. The fourth-order valence-corrected chi connectivity index (χ4v) is 3.35. The van der Waals surface area contributed by atoms with Crippen LogP contribution in [0, 0.1) is 0 Å². The minimum Gasteiger partial charge on any atom is -0.377 e. The van der Waals surface area contributed by atoms with Crippen LogP contribution in [-0.4, -0.2) is 36.2 Å². The lowest BCUT2D eigenvalue weighted by molar-refractivity contribution is -0.0887. The van der Waals surface area contributed by atoms with Gasteiger partial charge in [0.15, 0.2) is 0 Å². The second-order valence-electron chi connectivity index (χ2n) is 5.86. The summed E-state index contributed by atoms with van der Waals surface area (Å²) in [5.74, 6) is 0. The smallest absolute Gasteiger partial charge is 0.0829 e.